The van der Waals surface area contributed by atoms with Crippen LogP contribution in [0.3, 0.4) is 0 Å². The smallest absolute Gasteiger partial charge is 0.164 e. The Morgan fingerprint density at radius 2 is 1.95 bits per heavy atom. The Hall–Kier alpha value is -0.780. The maximum atomic E-state index is 14.1. The summed E-state index contributed by atoms with van der Waals surface area (Å²) in [5.74, 6) is -1.54. The summed E-state index contributed by atoms with van der Waals surface area (Å²) in [4.78, 5) is 0.955. The van der Waals surface area contributed by atoms with Gasteiger partial charge in [-0.05, 0) is 47.1 Å². The molecule has 0 aliphatic carbocycles. The molecule has 19 heavy (non-hydrogen) atoms. The summed E-state index contributed by atoms with van der Waals surface area (Å²) in [5.41, 5.74) is 0.670. The van der Waals surface area contributed by atoms with Crippen molar-refractivity contribution in [1.82, 2.24) is 5.32 Å². The molecule has 0 aliphatic rings. The zero-order chi connectivity index (χ0) is 14.0. The number of aryl methyl sites for hydroxylation is 1. The summed E-state index contributed by atoms with van der Waals surface area (Å²) in [7, 11) is 0. The minimum atomic E-state index is -0.768. The average molecular weight is 346 g/mol. The molecule has 1 N–H and O–H groups in total. The number of rotatable bonds is 4. The van der Waals surface area contributed by atoms with E-state index < -0.39 is 11.6 Å². The molecule has 0 amide bonds. The van der Waals surface area contributed by atoms with Gasteiger partial charge in [-0.25, -0.2) is 8.78 Å². The third-order valence-corrected chi connectivity index (χ3v) is 4.59. The Labute approximate surface area is 123 Å². The largest absolute Gasteiger partial charge is 0.306 e. The molecular formula is C14H14BrF2NS. The Morgan fingerprint density at radius 3 is 2.53 bits per heavy atom. The number of hydrogen-bond acceptors (Lipinski definition) is 2. The second-order valence-electron chi connectivity index (χ2n) is 4.23. The van der Waals surface area contributed by atoms with Gasteiger partial charge in [0.1, 0.15) is 0 Å². The van der Waals surface area contributed by atoms with Crippen molar-refractivity contribution in [2.24, 2.45) is 0 Å². The fourth-order valence-electron chi connectivity index (χ4n) is 1.94. The first kappa shape index (κ1) is 14.6. The SMILES string of the molecule is CCNC(c1ccc(Br)s1)c1ccc(C)c(F)c1F. The molecular weight excluding hydrogens is 332 g/mol. The van der Waals surface area contributed by atoms with Crippen molar-refractivity contribution in [3.05, 3.63) is 55.7 Å². The highest BCUT2D eigenvalue weighted by Gasteiger charge is 2.21. The number of hydrogen-bond donors (Lipinski definition) is 1. The molecule has 0 aliphatic heterocycles. The van der Waals surface area contributed by atoms with E-state index >= 15 is 0 Å². The molecule has 0 spiro atoms. The fourth-order valence-corrected chi connectivity index (χ4v) is 3.45. The van der Waals surface area contributed by atoms with E-state index in [1.165, 1.54) is 11.3 Å². The minimum Gasteiger partial charge on any atom is -0.306 e. The summed E-state index contributed by atoms with van der Waals surface area (Å²) in [5, 5.41) is 3.20. The Bertz CT molecular complexity index is 583. The average Bonchev–Trinajstić information content (AvgIpc) is 2.81. The maximum absolute atomic E-state index is 14.1. The Morgan fingerprint density at radius 1 is 1.21 bits per heavy atom. The van der Waals surface area contributed by atoms with E-state index in [9.17, 15) is 8.78 Å². The first-order valence-corrected chi connectivity index (χ1v) is 7.58. The van der Waals surface area contributed by atoms with E-state index in [0.29, 0.717) is 17.7 Å². The molecule has 1 unspecified atom stereocenters. The lowest BCUT2D eigenvalue weighted by atomic mass is 10.0. The molecule has 0 saturated carbocycles. The van der Waals surface area contributed by atoms with Crippen LogP contribution in [0.4, 0.5) is 8.78 Å². The topological polar surface area (TPSA) is 12.0 Å². The molecule has 1 atom stereocenters. The van der Waals surface area contributed by atoms with Gasteiger partial charge in [0.25, 0.3) is 0 Å². The second kappa shape index (κ2) is 6.11. The molecule has 0 fully saturated rings. The number of thiophene rings is 1. The fraction of sp³-hybridized carbons (Fsp3) is 0.286. The van der Waals surface area contributed by atoms with Crippen molar-refractivity contribution >= 4 is 27.3 Å². The van der Waals surface area contributed by atoms with Crippen molar-refractivity contribution in [2.75, 3.05) is 6.54 Å². The maximum Gasteiger partial charge on any atom is 0.164 e. The van der Waals surface area contributed by atoms with Crippen molar-refractivity contribution in [3.8, 4) is 0 Å². The third kappa shape index (κ3) is 3.04. The van der Waals surface area contributed by atoms with Gasteiger partial charge in [-0.3, -0.25) is 0 Å². The zero-order valence-electron chi connectivity index (χ0n) is 10.6. The van der Waals surface area contributed by atoms with Crippen LogP contribution >= 0.6 is 27.3 Å². The normalized spacial score (nSPS) is 12.7. The van der Waals surface area contributed by atoms with Crippen LogP contribution in [0.15, 0.2) is 28.1 Å². The van der Waals surface area contributed by atoms with Crippen LogP contribution in [0.2, 0.25) is 0 Å². The highest BCUT2D eigenvalue weighted by atomic mass is 79.9. The Kier molecular flexibility index (Phi) is 4.71. The summed E-state index contributed by atoms with van der Waals surface area (Å²) >= 11 is 4.91. The van der Waals surface area contributed by atoms with Gasteiger partial charge >= 0.3 is 0 Å². The summed E-state index contributed by atoms with van der Waals surface area (Å²) in [6, 6.07) is 6.76. The van der Waals surface area contributed by atoms with E-state index in [4.69, 9.17) is 0 Å². The van der Waals surface area contributed by atoms with E-state index in [0.717, 1.165) is 8.66 Å². The van der Waals surface area contributed by atoms with E-state index in [2.05, 4.69) is 21.2 Å². The van der Waals surface area contributed by atoms with Crippen LogP contribution < -0.4 is 5.32 Å². The predicted octanol–water partition coefficient (Wildman–Crippen LogP) is 4.80. The summed E-state index contributed by atoms with van der Waals surface area (Å²) in [6.45, 7) is 4.18. The molecule has 2 aromatic rings. The van der Waals surface area contributed by atoms with Gasteiger partial charge in [-0.2, -0.15) is 0 Å². The molecule has 2 rings (SSSR count). The van der Waals surface area contributed by atoms with Gasteiger partial charge < -0.3 is 5.32 Å². The molecule has 0 saturated heterocycles. The van der Waals surface area contributed by atoms with Crippen molar-refractivity contribution < 1.29 is 8.78 Å². The number of benzene rings is 1. The molecule has 5 heteroatoms. The summed E-state index contributed by atoms with van der Waals surface area (Å²) < 4.78 is 28.8. The van der Waals surface area contributed by atoms with Crippen LogP contribution in [-0.4, -0.2) is 6.54 Å². The van der Waals surface area contributed by atoms with Gasteiger partial charge in [-0.15, -0.1) is 11.3 Å². The van der Waals surface area contributed by atoms with Crippen molar-refractivity contribution in [3.63, 3.8) is 0 Å². The Balaban J connectivity index is 2.48. The van der Waals surface area contributed by atoms with Crippen LogP contribution in [-0.2, 0) is 0 Å². The molecule has 0 bridgehead atoms. The van der Waals surface area contributed by atoms with Gasteiger partial charge in [0, 0.05) is 10.4 Å². The summed E-state index contributed by atoms with van der Waals surface area (Å²) in [6.07, 6.45) is 0. The van der Waals surface area contributed by atoms with Crippen LogP contribution in [0.25, 0.3) is 0 Å². The van der Waals surface area contributed by atoms with Crippen LogP contribution in [0.5, 0.6) is 0 Å². The lowest BCUT2D eigenvalue weighted by molar-refractivity contribution is 0.480. The lowest BCUT2D eigenvalue weighted by Crippen LogP contribution is -2.22. The lowest BCUT2D eigenvalue weighted by Gasteiger charge is -2.18. The van der Waals surface area contributed by atoms with Gasteiger partial charge in [0.2, 0.25) is 0 Å². The van der Waals surface area contributed by atoms with Crippen molar-refractivity contribution in [1.29, 1.82) is 0 Å². The monoisotopic (exact) mass is 345 g/mol. The van der Waals surface area contributed by atoms with E-state index in [1.807, 2.05) is 19.1 Å². The molecule has 102 valence electrons. The molecule has 0 radical (unpaired) electrons. The predicted molar refractivity (Wildman–Crippen MR) is 78.6 cm³/mol. The first-order valence-electron chi connectivity index (χ1n) is 5.97. The van der Waals surface area contributed by atoms with E-state index in [1.54, 1.807) is 19.1 Å². The molecule has 1 heterocycles. The van der Waals surface area contributed by atoms with Crippen LogP contribution in [0, 0.1) is 18.6 Å². The first-order chi connectivity index (χ1) is 9.04. The quantitative estimate of drug-likeness (QED) is 0.839. The van der Waals surface area contributed by atoms with Crippen LogP contribution in [0.1, 0.15) is 29.0 Å². The number of halogens is 3. The van der Waals surface area contributed by atoms with Gasteiger partial charge in [0.15, 0.2) is 11.6 Å². The minimum absolute atomic E-state index is 0.323. The standard InChI is InChI=1S/C14H14BrF2NS/c1-3-18-14(10-6-7-11(15)19-10)9-5-4-8(2)12(16)13(9)17/h4-7,14,18H,3H2,1-2H3. The second-order valence-corrected chi connectivity index (χ2v) is 6.73. The number of nitrogens with one attached hydrogen (secondary N) is 1. The third-order valence-electron chi connectivity index (χ3n) is 2.90. The molecule has 1 nitrogen and oxygen atoms in total. The highest BCUT2D eigenvalue weighted by molar-refractivity contribution is 9.11. The van der Waals surface area contributed by atoms with Crippen molar-refractivity contribution in [2.45, 2.75) is 19.9 Å². The van der Waals surface area contributed by atoms with E-state index in [-0.39, 0.29) is 6.04 Å². The highest BCUT2D eigenvalue weighted by Crippen LogP contribution is 2.33. The van der Waals surface area contributed by atoms with Gasteiger partial charge in [-0.1, -0.05) is 19.1 Å². The molecule has 1 aromatic carbocycles. The van der Waals surface area contributed by atoms with Gasteiger partial charge in [0.05, 0.1) is 9.83 Å². The molecule has 1 aromatic heterocycles. The zero-order valence-corrected chi connectivity index (χ0v) is 13.0.